The van der Waals surface area contributed by atoms with Gasteiger partial charge in [0.1, 0.15) is 6.61 Å². The summed E-state index contributed by atoms with van der Waals surface area (Å²) < 4.78 is 11.2. The molecule has 0 radical (unpaired) electrons. The third-order valence-corrected chi connectivity index (χ3v) is 3.83. The van der Waals surface area contributed by atoms with Crippen molar-refractivity contribution in [1.82, 2.24) is 5.32 Å². The molecule has 0 fully saturated rings. The Morgan fingerprint density at radius 3 is 2.21 bits per heavy atom. The molecule has 1 aromatic rings. The average molecular weight is 306 g/mol. The van der Waals surface area contributed by atoms with Crippen molar-refractivity contribution < 1.29 is 9.47 Å². The van der Waals surface area contributed by atoms with E-state index < -0.39 is 0 Å². The van der Waals surface area contributed by atoms with Crippen molar-refractivity contribution in [1.29, 1.82) is 0 Å². The minimum absolute atomic E-state index is 0.258. The number of halogens is 2. The van der Waals surface area contributed by atoms with Crippen LogP contribution in [0.25, 0.3) is 0 Å². The number of rotatable bonds is 9. The van der Waals surface area contributed by atoms with E-state index in [1.165, 1.54) is 0 Å². The normalized spacial score (nSPS) is 11.4. The number of para-hydroxylation sites is 2. The molecule has 0 saturated carbocycles. The van der Waals surface area contributed by atoms with Crippen LogP contribution in [0.3, 0.4) is 0 Å². The fraction of sp³-hybridized carbons (Fsp3) is 0.571. The van der Waals surface area contributed by atoms with Crippen LogP contribution < -0.4 is 14.8 Å². The van der Waals surface area contributed by atoms with Crippen molar-refractivity contribution >= 4 is 23.2 Å². The Labute approximate surface area is 125 Å². The van der Waals surface area contributed by atoms with E-state index in [1.807, 2.05) is 38.1 Å². The van der Waals surface area contributed by atoms with E-state index in [-0.39, 0.29) is 5.54 Å². The van der Waals surface area contributed by atoms with E-state index in [2.05, 4.69) is 5.32 Å². The van der Waals surface area contributed by atoms with Gasteiger partial charge in [-0.15, -0.1) is 23.2 Å². The van der Waals surface area contributed by atoms with E-state index in [4.69, 9.17) is 32.7 Å². The fourth-order valence-electron chi connectivity index (χ4n) is 1.49. The second-order valence-corrected chi connectivity index (χ2v) is 5.02. The molecule has 0 unspecified atom stereocenters. The molecule has 3 nitrogen and oxygen atoms in total. The van der Waals surface area contributed by atoms with Crippen LogP contribution in [-0.2, 0) is 0 Å². The van der Waals surface area contributed by atoms with Gasteiger partial charge in [-0.25, -0.2) is 0 Å². The highest BCUT2D eigenvalue weighted by atomic mass is 35.5. The maximum Gasteiger partial charge on any atom is 0.161 e. The van der Waals surface area contributed by atoms with Crippen molar-refractivity contribution in [3.63, 3.8) is 0 Å². The molecule has 0 bridgehead atoms. The van der Waals surface area contributed by atoms with Gasteiger partial charge >= 0.3 is 0 Å². The lowest BCUT2D eigenvalue weighted by Crippen LogP contribution is -2.47. The van der Waals surface area contributed by atoms with Crippen LogP contribution in [0.1, 0.15) is 13.8 Å². The molecule has 5 heteroatoms. The topological polar surface area (TPSA) is 30.5 Å². The smallest absolute Gasteiger partial charge is 0.161 e. The molecule has 19 heavy (non-hydrogen) atoms. The summed E-state index contributed by atoms with van der Waals surface area (Å²) in [5.74, 6) is 2.45. The number of benzene rings is 1. The second-order valence-electron chi connectivity index (χ2n) is 4.48. The Balaban J connectivity index is 2.41. The Bertz CT molecular complexity index is 370. The highest BCUT2D eigenvalue weighted by Gasteiger charge is 2.20. The van der Waals surface area contributed by atoms with Crippen LogP contribution >= 0.6 is 23.2 Å². The molecular formula is C14H21Cl2NO2. The summed E-state index contributed by atoms with van der Waals surface area (Å²) >= 11 is 11.7. The Morgan fingerprint density at radius 2 is 1.68 bits per heavy atom. The van der Waals surface area contributed by atoms with Crippen LogP contribution in [0.4, 0.5) is 0 Å². The SMILES string of the molecule is CCOc1ccccc1OCCNC(C)(CCl)CCl. The molecule has 1 aromatic carbocycles. The van der Waals surface area contributed by atoms with Crippen LogP contribution in [0.15, 0.2) is 24.3 Å². The molecule has 0 heterocycles. The Hall–Kier alpha value is -0.640. The number of ether oxygens (including phenoxy) is 2. The third kappa shape index (κ3) is 5.47. The lowest BCUT2D eigenvalue weighted by atomic mass is 10.1. The summed E-state index contributed by atoms with van der Waals surface area (Å²) in [6, 6.07) is 7.64. The summed E-state index contributed by atoms with van der Waals surface area (Å²) in [6.07, 6.45) is 0. The number of hydrogen-bond donors (Lipinski definition) is 1. The highest BCUT2D eigenvalue weighted by molar-refractivity contribution is 6.22. The van der Waals surface area contributed by atoms with Gasteiger partial charge in [-0.2, -0.15) is 0 Å². The minimum Gasteiger partial charge on any atom is -0.490 e. The van der Waals surface area contributed by atoms with Crippen molar-refractivity contribution in [3.8, 4) is 11.5 Å². The maximum absolute atomic E-state index is 5.86. The first-order chi connectivity index (χ1) is 9.15. The lowest BCUT2D eigenvalue weighted by Gasteiger charge is -2.26. The molecule has 0 atom stereocenters. The molecule has 0 aliphatic heterocycles. The first-order valence-corrected chi connectivity index (χ1v) is 7.43. The predicted octanol–water partition coefficient (Wildman–Crippen LogP) is 3.29. The zero-order valence-electron chi connectivity index (χ0n) is 11.4. The van der Waals surface area contributed by atoms with Crippen molar-refractivity contribution in [2.24, 2.45) is 0 Å². The molecular weight excluding hydrogens is 285 g/mol. The van der Waals surface area contributed by atoms with E-state index in [9.17, 15) is 0 Å². The lowest BCUT2D eigenvalue weighted by molar-refractivity contribution is 0.265. The molecule has 0 aromatic heterocycles. The van der Waals surface area contributed by atoms with Gasteiger partial charge in [0.15, 0.2) is 11.5 Å². The first kappa shape index (κ1) is 16.4. The monoisotopic (exact) mass is 305 g/mol. The summed E-state index contributed by atoms with van der Waals surface area (Å²) in [6.45, 7) is 5.77. The largest absolute Gasteiger partial charge is 0.490 e. The number of nitrogens with one attached hydrogen (secondary N) is 1. The first-order valence-electron chi connectivity index (χ1n) is 6.37. The van der Waals surface area contributed by atoms with Crippen LogP contribution in [0.2, 0.25) is 0 Å². The van der Waals surface area contributed by atoms with Gasteiger partial charge in [-0.3, -0.25) is 0 Å². The number of hydrogen-bond acceptors (Lipinski definition) is 3. The van der Waals surface area contributed by atoms with Crippen molar-refractivity contribution in [3.05, 3.63) is 24.3 Å². The minimum atomic E-state index is -0.258. The van der Waals surface area contributed by atoms with Gasteiger partial charge in [0, 0.05) is 23.8 Å². The molecule has 0 saturated heterocycles. The molecule has 0 aliphatic rings. The molecule has 1 N–H and O–H groups in total. The zero-order valence-corrected chi connectivity index (χ0v) is 12.9. The third-order valence-electron chi connectivity index (χ3n) is 2.65. The van der Waals surface area contributed by atoms with E-state index in [1.54, 1.807) is 0 Å². The highest BCUT2D eigenvalue weighted by Crippen LogP contribution is 2.26. The Kier molecular flexibility index (Phi) is 7.36. The van der Waals surface area contributed by atoms with Crippen molar-refractivity contribution in [2.45, 2.75) is 19.4 Å². The summed E-state index contributed by atoms with van der Waals surface area (Å²) in [4.78, 5) is 0. The standard InChI is InChI=1S/C14H21Cl2NO2/c1-3-18-12-6-4-5-7-13(12)19-9-8-17-14(2,10-15)11-16/h4-7,17H,3,8-11H2,1-2H3. The average Bonchev–Trinajstić information content (AvgIpc) is 2.45. The van der Waals surface area contributed by atoms with Crippen LogP contribution in [-0.4, -0.2) is 37.1 Å². The van der Waals surface area contributed by atoms with E-state index >= 15 is 0 Å². The summed E-state index contributed by atoms with van der Waals surface area (Å²) in [7, 11) is 0. The van der Waals surface area contributed by atoms with Gasteiger partial charge < -0.3 is 14.8 Å². The molecule has 108 valence electrons. The predicted molar refractivity (Wildman–Crippen MR) is 81.0 cm³/mol. The Morgan fingerprint density at radius 1 is 1.11 bits per heavy atom. The van der Waals surface area contributed by atoms with Gasteiger partial charge in [-0.05, 0) is 26.0 Å². The summed E-state index contributed by atoms with van der Waals surface area (Å²) in [5.41, 5.74) is -0.258. The van der Waals surface area contributed by atoms with E-state index in [0.29, 0.717) is 31.5 Å². The second kappa shape index (κ2) is 8.51. The summed E-state index contributed by atoms with van der Waals surface area (Å²) in [5, 5.41) is 3.29. The zero-order chi connectivity index (χ0) is 14.1. The van der Waals surface area contributed by atoms with Gasteiger partial charge in [0.25, 0.3) is 0 Å². The van der Waals surface area contributed by atoms with Gasteiger partial charge in [-0.1, -0.05) is 12.1 Å². The van der Waals surface area contributed by atoms with E-state index in [0.717, 1.165) is 11.5 Å². The molecule has 1 rings (SSSR count). The van der Waals surface area contributed by atoms with Gasteiger partial charge in [0.2, 0.25) is 0 Å². The fourth-order valence-corrected chi connectivity index (χ4v) is 1.96. The molecule has 0 amide bonds. The quantitative estimate of drug-likeness (QED) is 0.561. The maximum atomic E-state index is 5.86. The molecule has 0 aliphatic carbocycles. The van der Waals surface area contributed by atoms with Gasteiger partial charge in [0.05, 0.1) is 6.61 Å². The van der Waals surface area contributed by atoms with Crippen LogP contribution in [0.5, 0.6) is 11.5 Å². The van der Waals surface area contributed by atoms with Crippen molar-refractivity contribution in [2.75, 3.05) is 31.5 Å². The number of alkyl halides is 2. The van der Waals surface area contributed by atoms with Crippen LogP contribution in [0, 0.1) is 0 Å². The molecule has 0 spiro atoms.